The summed E-state index contributed by atoms with van der Waals surface area (Å²) >= 11 is 5.04. The van der Waals surface area contributed by atoms with Crippen LogP contribution in [0.15, 0.2) is 24.3 Å². The number of piperidine rings is 1. The number of rotatable bonds is 3. The van der Waals surface area contributed by atoms with Crippen molar-refractivity contribution in [3.05, 3.63) is 35.6 Å². The molecule has 0 saturated carbocycles. The molecule has 1 atom stereocenters. The molecule has 2 N–H and O–H groups in total. The summed E-state index contributed by atoms with van der Waals surface area (Å²) in [7, 11) is 0. The third kappa shape index (κ3) is 3.48. The van der Waals surface area contributed by atoms with Gasteiger partial charge in [0.1, 0.15) is 5.82 Å². The number of thiocarbonyl (C=S) groups is 1. The lowest BCUT2D eigenvalue weighted by Gasteiger charge is -2.32. The molecule has 0 spiro atoms. The first-order valence-corrected chi connectivity index (χ1v) is 6.32. The van der Waals surface area contributed by atoms with Crippen LogP contribution in [0, 0.1) is 11.7 Å². The molecule has 4 heteroatoms. The van der Waals surface area contributed by atoms with Crippen LogP contribution in [-0.4, -0.2) is 23.0 Å². The van der Waals surface area contributed by atoms with Gasteiger partial charge in [0.2, 0.25) is 0 Å². The van der Waals surface area contributed by atoms with E-state index in [1.54, 1.807) is 12.1 Å². The molecule has 2 rings (SSSR count). The molecule has 1 saturated heterocycles. The first-order valence-electron chi connectivity index (χ1n) is 5.91. The quantitative estimate of drug-likeness (QED) is 0.837. The lowest BCUT2D eigenvalue weighted by Crippen LogP contribution is -2.39. The molecule has 0 aromatic heterocycles. The second kappa shape index (κ2) is 5.56. The van der Waals surface area contributed by atoms with Gasteiger partial charge < -0.3 is 5.73 Å². The monoisotopic (exact) mass is 252 g/mol. The molecule has 17 heavy (non-hydrogen) atoms. The Morgan fingerprint density at radius 2 is 2.35 bits per heavy atom. The van der Waals surface area contributed by atoms with E-state index in [4.69, 9.17) is 18.0 Å². The molecule has 0 aliphatic carbocycles. The molecule has 1 fully saturated rings. The Bertz CT molecular complexity index is 408. The van der Waals surface area contributed by atoms with E-state index in [9.17, 15) is 4.39 Å². The Balaban J connectivity index is 1.97. The van der Waals surface area contributed by atoms with E-state index >= 15 is 0 Å². The molecule has 1 aliphatic heterocycles. The SMILES string of the molecule is NC(=S)C1CCCN(Cc2cccc(F)c2)C1. The second-order valence-electron chi connectivity index (χ2n) is 4.61. The van der Waals surface area contributed by atoms with E-state index in [0.717, 1.165) is 38.0 Å². The highest BCUT2D eigenvalue weighted by Gasteiger charge is 2.21. The summed E-state index contributed by atoms with van der Waals surface area (Å²) in [5.74, 6) is 0.137. The van der Waals surface area contributed by atoms with Gasteiger partial charge in [-0.1, -0.05) is 24.4 Å². The number of hydrogen-bond acceptors (Lipinski definition) is 2. The predicted octanol–water partition coefficient (Wildman–Crippen LogP) is 2.32. The Kier molecular flexibility index (Phi) is 4.07. The standard InChI is InChI=1S/C13H17FN2S/c14-12-5-1-3-10(7-12)8-16-6-2-4-11(9-16)13(15)17/h1,3,5,7,11H,2,4,6,8-9H2,(H2,15,17). The van der Waals surface area contributed by atoms with Crippen LogP contribution >= 0.6 is 12.2 Å². The van der Waals surface area contributed by atoms with Crippen LogP contribution in [0.4, 0.5) is 4.39 Å². The van der Waals surface area contributed by atoms with E-state index in [-0.39, 0.29) is 5.82 Å². The van der Waals surface area contributed by atoms with Crippen LogP contribution in [0.1, 0.15) is 18.4 Å². The number of hydrogen-bond donors (Lipinski definition) is 1. The highest BCUT2D eigenvalue weighted by molar-refractivity contribution is 7.80. The average molecular weight is 252 g/mol. The maximum Gasteiger partial charge on any atom is 0.123 e. The van der Waals surface area contributed by atoms with Gasteiger partial charge in [-0.3, -0.25) is 4.90 Å². The lowest BCUT2D eigenvalue weighted by molar-refractivity contribution is 0.197. The maximum atomic E-state index is 13.1. The van der Waals surface area contributed by atoms with Gasteiger partial charge >= 0.3 is 0 Å². The summed E-state index contributed by atoms with van der Waals surface area (Å²) in [5.41, 5.74) is 6.70. The summed E-state index contributed by atoms with van der Waals surface area (Å²) in [6.45, 7) is 2.71. The van der Waals surface area contributed by atoms with Crippen molar-refractivity contribution in [1.82, 2.24) is 4.90 Å². The van der Waals surface area contributed by atoms with Gasteiger partial charge in [-0.2, -0.15) is 0 Å². The molecule has 0 radical (unpaired) electrons. The highest BCUT2D eigenvalue weighted by atomic mass is 32.1. The number of nitrogens with zero attached hydrogens (tertiary/aromatic N) is 1. The Morgan fingerprint density at radius 1 is 1.53 bits per heavy atom. The average Bonchev–Trinajstić information content (AvgIpc) is 2.29. The largest absolute Gasteiger partial charge is 0.393 e. The van der Waals surface area contributed by atoms with Crippen molar-refractivity contribution in [2.45, 2.75) is 19.4 Å². The van der Waals surface area contributed by atoms with Crippen LogP contribution in [-0.2, 0) is 6.54 Å². The van der Waals surface area contributed by atoms with Crippen molar-refractivity contribution >= 4 is 17.2 Å². The molecule has 0 amide bonds. The zero-order valence-corrected chi connectivity index (χ0v) is 10.5. The zero-order valence-electron chi connectivity index (χ0n) is 9.73. The van der Waals surface area contributed by atoms with Crippen LogP contribution < -0.4 is 5.73 Å². The van der Waals surface area contributed by atoms with Crippen LogP contribution in [0.2, 0.25) is 0 Å². The number of halogens is 1. The molecule has 1 aromatic carbocycles. The Hall–Kier alpha value is -1.00. The van der Waals surface area contributed by atoms with E-state index in [1.807, 2.05) is 6.07 Å². The third-order valence-corrected chi connectivity index (χ3v) is 3.54. The fourth-order valence-corrected chi connectivity index (χ4v) is 2.52. The van der Waals surface area contributed by atoms with Gasteiger partial charge in [0, 0.05) is 19.0 Å². The summed E-state index contributed by atoms with van der Waals surface area (Å²) in [4.78, 5) is 2.90. The fraction of sp³-hybridized carbons (Fsp3) is 0.462. The van der Waals surface area contributed by atoms with Crippen LogP contribution in [0.25, 0.3) is 0 Å². The Morgan fingerprint density at radius 3 is 3.06 bits per heavy atom. The smallest absolute Gasteiger partial charge is 0.123 e. The number of nitrogens with two attached hydrogens (primary N) is 1. The molecule has 1 unspecified atom stereocenters. The molecule has 92 valence electrons. The summed E-state index contributed by atoms with van der Waals surface area (Å²) in [5, 5.41) is 0. The summed E-state index contributed by atoms with van der Waals surface area (Å²) in [6.07, 6.45) is 2.19. The molecular weight excluding hydrogens is 235 g/mol. The summed E-state index contributed by atoms with van der Waals surface area (Å²) in [6, 6.07) is 6.76. The third-order valence-electron chi connectivity index (χ3n) is 3.20. The van der Waals surface area contributed by atoms with E-state index in [2.05, 4.69) is 4.90 Å². The first-order chi connectivity index (χ1) is 8.15. The van der Waals surface area contributed by atoms with Gasteiger partial charge in [-0.25, -0.2) is 4.39 Å². The van der Waals surface area contributed by atoms with Crippen molar-refractivity contribution in [2.24, 2.45) is 11.7 Å². The highest BCUT2D eigenvalue weighted by Crippen LogP contribution is 2.19. The first kappa shape index (κ1) is 12.5. The van der Waals surface area contributed by atoms with Crippen molar-refractivity contribution in [1.29, 1.82) is 0 Å². The van der Waals surface area contributed by atoms with E-state index in [1.165, 1.54) is 6.07 Å². The number of benzene rings is 1. The molecule has 0 bridgehead atoms. The normalized spacial score (nSPS) is 21.4. The lowest BCUT2D eigenvalue weighted by atomic mass is 9.97. The van der Waals surface area contributed by atoms with Crippen molar-refractivity contribution < 1.29 is 4.39 Å². The van der Waals surface area contributed by atoms with Gasteiger partial charge in [0.05, 0.1) is 4.99 Å². The minimum Gasteiger partial charge on any atom is -0.393 e. The summed E-state index contributed by atoms with van der Waals surface area (Å²) < 4.78 is 13.1. The van der Waals surface area contributed by atoms with Crippen LogP contribution in [0.5, 0.6) is 0 Å². The molecule has 1 aliphatic rings. The van der Waals surface area contributed by atoms with Crippen molar-refractivity contribution in [3.63, 3.8) is 0 Å². The minimum absolute atomic E-state index is 0.176. The van der Waals surface area contributed by atoms with E-state index in [0.29, 0.717) is 10.9 Å². The Labute approximate surface area is 107 Å². The topological polar surface area (TPSA) is 29.3 Å². The van der Waals surface area contributed by atoms with Crippen LogP contribution in [0.3, 0.4) is 0 Å². The van der Waals surface area contributed by atoms with Crippen molar-refractivity contribution in [2.75, 3.05) is 13.1 Å². The molecular formula is C13H17FN2S. The molecule has 1 heterocycles. The number of likely N-dealkylation sites (tertiary alicyclic amines) is 1. The van der Waals surface area contributed by atoms with E-state index < -0.39 is 0 Å². The maximum absolute atomic E-state index is 13.1. The van der Waals surface area contributed by atoms with Crippen molar-refractivity contribution in [3.8, 4) is 0 Å². The van der Waals surface area contributed by atoms with Gasteiger partial charge in [0.25, 0.3) is 0 Å². The van der Waals surface area contributed by atoms with Gasteiger partial charge in [-0.15, -0.1) is 0 Å². The predicted molar refractivity (Wildman–Crippen MR) is 71.2 cm³/mol. The zero-order chi connectivity index (χ0) is 12.3. The van der Waals surface area contributed by atoms with Gasteiger partial charge in [-0.05, 0) is 37.1 Å². The van der Waals surface area contributed by atoms with Gasteiger partial charge in [0.15, 0.2) is 0 Å². The fourth-order valence-electron chi connectivity index (χ4n) is 2.32. The second-order valence-corrected chi connectivity index (χ2v) is 5.08. The molecule has 2 nitrogen and oxygen atoms in total. The molecule has 1 aromatic rings. The minimum atomic E-state index is -0.176.